The molecule has 3 rings (SSSR count). The molecule has 27 heavy (non-hydrogen) atoms. The molecule has 0 atom stereocenters. The number of anilines is 1. The number of nitrogens with one attached hydrogen (secondary N) is 2. The Morgan fingerprint density at radius 3 is 2.78 bits per heavy atom. The maximum Gasteiger partial charge on any atom is 0.319 e. The molecule has 2 aromatic carbocycles. The number of carbonyl (C=O) groups is 1. The van der Waals surface area contributed by atoms with Crippen molar-refractivity contribution < 1.29 is 9.72 Å². The van der Waals surface area contributed by atoms with E-state index in [2.05, 4.69) is 15.6 Å². The van der Waals surface area contributed by atoms with Gasteiger partial charge in [0.2, 0.25) is 0 Å². The Morgan fingerprint density at radius 1 is 1.22 bits per heavy atom. The quantitative estimate of drug-likeness (QED) is 0.530. The van der Waals surface area contributed by atoms with E-state index in [4.69, 9.17) is 0 Å². The lowest BCUT2D eigenvalue weighted by molar-refractivity contribution is -0.384. The maximum absolute atomic E-state index is 12.4. The van der Waals surface area contributed by atoms with Crippen molar-refractivity contribution >= 4 is 28.4 Å². The van der Waals surface area contributed by atoms with Gasteiger partial charge in [0, 0.05) is 30.9 Å². The fourth-order valence-corrected chi connectivity index (χ4v) is 2.70. The number of benzene rings is 2. The first-order valence-corrected chi connectivity index (χ1v) is 8.21. The summed E-state index contributed by atoms with van der Waals surface area (Å²) in [5, 5.41) is 15.9. The topological polar surface area (TPSA) is 119 Å². The molecule has 3 aromatic rings. The Balaban J connectivity index is 1.67. The molecule has 0 radical (unpaired) electrons. The molecule has 9 heteroatoms. The highest BCUT2D eigenvalue weighted by atomic mass is 16.6. The summed E-state index contributed by atoms with van der Waals surface area (Å²) < 4.78 is 1.56. The molecule has 1 aromatic heterocycles. The van der Waals surface area contributed by atoms with Crippen molar-refractivity contribution in [3.05, 3.63) is 74.7 Å². The van der Waals surface area contributed by atoms with Crippen molar-refractivity contribution in [2.45, 2.75) is 13.5 Å². The molecule has 0 aliphatic heterocycles. The SMILES string of the molecule is Cc1nc2ccccc2n(CCNC(=O)Nc2cccc([N+](=O)[O-])c2)c1=O. The van der Waals surface area contributed by atoms with Crippen LogP contribution in [0.4, 0.5) is 16.2 Å². The number of nitrogens with zero attached hydrogens (tertiary/aromatic N) is 3. The standard InChI is InChI=1S/C18H17N5O4/c1-12-17(24)22(16-8-3-2-7-15(16)20-12)10-9-19-18(25)21-13-5-4-6-14(11-13)23(26)27/h2-8,11H,9-10H2,1H3,(H2,19,21,25). The van der Waals surface area contributed by atoms with Gasteiger partial charge in [-0.1, -0.05) is 18.2 Å². The van der Waals surface area contributed by atoms with Gasteiger partial charge in [0.25, 0.3) is 11.2 Å². The van der Waals surface area contributed by atoms with Gasteiger partial charge in [-0.2, -0.15) is 0 Å². The molecule has 0 unspecified atom stereocenters. The first-order chi connectivity index (χ1) is 13.0. The fraction of sp³-hybridized carbons (Fsp3) is 0.167. The fourth-order valence-electron chi connectivity index (χ4n) is 2.70. The van der Waals surface area contributed by atoms with Gasteiger partial charge >= 0.3 is 6.03 Å². The Labute approximate surface area is 153 Å². The number of aryl methyl sites for hydroxylation is 1. The summed E-state index contributed by atoms with van der Waals surface area (Å²) in [5.74, 6) is 0. The Bertz CT molecular complexity index is 1080. The molecular weight excluding hydrogens is 350 g/mol. The average Bonchev–Trinajstić information content (AvgIpc) is 2.65. The third-order valence-corrected chi connectivity index (χ3v) is 3.95. The van der Waals surface area contributed by atoms with Gasteiger partial charge in [0.05, 0.1) is 16.0 Å². The predicted octanol–water partition coefficient (Wildman–Crippen LogP) is 2.43. The van der Waals surface area contributed by atoms with Crippen LogP contribution < -0.4 is 16.2 Å². The predicted molar refractivity (Wildman–Crippen MR) is 101 cm³/mol. The number of hydrogen-bond acceptors (Lipinski definition) is 5. The first kappa shape index (κ1) is 18.1. The van der Waals surface area contributed by atoms with Gasteiger partial charge in [0.1, 0.15) is 5.69 Å². The number of carbonyl (C=O) groups excluding carboxylic acids is 1. The van der Waals surface area contributed by atoms with Gasteiger partial charge in [0.15, 0.2) is 0 Å². The highest BCUT2D eigenvalue weighted by Crippen LogP contribution is 2.16. The van der Waals surface area contributed by atoms with Crippen LogP contribution in [0.25, 0.3) is 11.0 Å². The van der Waals surface area contributed by atoms with Crippen LogP contribution in [0.15, 0.2) is 53.3 Å². The number of rotatable bonds is 5. The Morgan fingerprint density at radius 2 is 2.00 bits per heavy atom. The Hall–Kier alpha value is -3.75. The number of para-hydroxylation sites is 2. The molecule has 0 aliphatic rings. The van der Waals surface area contributed by atoms with E-state index >= 15 is 0 Å². The minimum Gasteiger partial charge on any atom is -0.336 e. The lowest BCUT2D eigenvalue weighted by Crippen LogP contribution is -2.34. The number of aromatic nitrogens is 2. The highest BCUT2D eigenvalue weighted by molar-refractivity contribution is 5.89. The van der Waals surface area contributed by atoms with E-state index in [9.17, 15) is 19.7 Å². The molecule has 1 heterocycles. The molecule has 0 fully saturated rings. The van der Waals surface area contributed by atoms with Crippen molar-refractivity contribution in [1.82, 2.24) is 14.9 Å². The summed E-state index contributed by atoms with van der Waals surface area (Å²) in [6.07, 6.45) is 0. The van der Waals surface area contributed by atoms with Gasteiger partial charge in [-0.25, -0.2) is 9.78 Å². The largest absolute Gasteiger partial charge is 0.336 e. The van der Waals surface area contributed by atoms with Crippen LogP contribution in [-0.2, 0) is 6.54 Å². The van der Waals surface area contributed by atoms with Crippen molar-refractivity contribution in [3.63, 3.8) is 0 Å². The van der Waals surface area contributed by atoms with Gasteiger partial charge in [-0.3, -0.25) is 14.9 Å². The lowest BCUT2D eigenvalue weighted by atomic mass is 10.2. The minimum absolute atomic E-state index is 0.113. The highest BCUT2D eigenvalue weighted by Gasteiger charge is 2.10. The van der Waals surface area contributed by atoms with Crippen molar-refractivity contribution in [1.29, 1.82) is 0 Å². The van der Waals surface area contributed by atoms with Crippen LogP contribution in [0.1, 0.15) is 5.69 Å². The third-order valence-electron chi connectivity index (χ3n) is 3.95. The summed E-state index contributed by atoms with van der Waals surface area (Å²) in [4.78, 5) is 38.9. The van der Waals surface area contributed by atoms with E-state index < -0.39 is 11.0 Å². The summed E-state index contributed by atoms with van der Waals surface area (Å²) in [6, 6.07) is 12.4. The zero-order chi connectivity index (χ0) is 19.4. The number of amides is 2. The average molecular weight is 367 g/mol. The number of nitro benzene ring substituents is 1. The molecule has 0 spiro atoms. The van der Waals surface area contributed by atoms with E-state index in [1.54, 1.807) is 23.6 Å². The number of hydrogen-bond donors (Lipinski definition) is 2. The van der Waals surface area contributed by atoms with Crippen LogP contribution in [0.3, 0.4) is 0 Å². The molecule has 9 nitrogen and oxygen atoms in total. The minimum atomic E-state index is -0.535. The summed E-state index contributed by atoms with van der Waals surface area (Å²) in [6.45, 7) is 2.12. The lowest BCUT2D eigenvalue weighted by Gasteiger charge is -2.12. The molecule has 0 saturated heterocycles. The van der Waals surface area contributed by atoms with E-state index in [1.165, 1.54) is 18.2 Å². The number of urea groups is 1. The second kappa shape index (κ2) is 7.65. The Kier molecular flexibility index (Phi) is 5.11. The second-order valence-electron chi connectivity index (χ2n) is 5.83. The molecule has 2 amide bonds. The van der Waals surface area contributed by atoms with E-state index in [0.717, 1.165) is 0 Å². The van der Waals surface area contributed by atoms with E-state index in [-0.39, 0.29) is 24.3 Å². The zero-order valence-electron chi connectivity index (χ0n) is 14.5. The number of non-ortho nitro benzene ring substituents is 1. The number of nitro groups is 1. The van der Waals surface area contributed by atoms with Crippen LogP contribution in [0.5, 0.6) is 0 Å². The zero-order valence-corrected chi connectivity index (χ0v) is 14.5. The number of fused-ring (bicyclic) bond motifs is 1. The first-order valence-electron chi connectivity index (χ1n) is 8.21. The smallest absolute Gasteiger partial charge is 0.319 e. The van der Waals surface area contributed by atoms with Crippen LogP contribution in [-0.4, -0.2) is 27.1 Å². The molecular formula is C18H17N5O4. The van der Waals surface area contributed by atoms with Gasteiger partial charge in [-0.15, -0.1) is 0 Å². The van der Waals surface area contributed by atoms with Crippen LogP contribution >= 0.6 is 0 Å². The summed E-state index contributed by atoms with van der Waals surface area (Å²) in [5.41, 5.74) is 1.76. The van der Waals surface area contributed by atoms with Gasteiger partial charge < -0.3 is 15.2 Å². The molecule has 138 valence electrons. The van der Waals surface area contributed by atoms with Crippen LogP contribution in [0.2, 0.25) is 0 Å². The van der Waals surface area contributed by atoms with Crippen molar-refractivity contribution in [3.8, 4) is 0 Å². The van der Waals surface area contributed by atoms with Gasteiger partial charge in [-0.05, 0) is 25.1 Å². The molecule has 0 bridgehead atoms. The van der Waals surface area contributed by atoms with Crippen molar-refractivity contribution in [2.75, 3.05) is 11.9 Å². The summed E-state index contributed by atoms with van der Waals surface area (Å²) >= 11 is 0. The second-order valence-corrected chi connectivity index (χ2v) is 5.83. The normalized spacial score (nSPS) is 10.6. The van der Waals surface area contributed by atoms with E-state index in [0.29, 0.717) is 22.4 Å². The van der Waals surface area contributed by atoms with E-state index in [1.807, 2.05) is 18.2 Å². The maximum atomic E-state index is 12.4. The van der Waals surface area contributed by atoms with Crippen molar-refractivity contribution in [2.24, 2.45) is 0 Å². The third kappa shape index (κ3) is 4.09. The monoisotopic (exact) mass is 367 g/mol. The van der Waals surface area contributed by atoms with Crippen LogP contribution in [0, 0.1) is 17.0 Å². The molecule has 0 aliphatic carbocycles. The molecule has 0 saturated carbocycles. The molecule has 2 N–H and O–H groups in total. The summed E-state index contributed by atoms with van der Waals surface area (Å²) in [7, 11) is 0.